The molecule has 0 N–H and O–H groups in total. The quantitative estimate of drug-likeness (QED) is 0.364. The van der Waals surface area contributed by atoms with E-state index in [9.17, 15) is 4.79 Å². The van der Waals surface area contributed by atoms with Gasteiger partial charge in [0, 0.05) is 10.5 Å². The highest BCUT2D eigenvalue weighted by Crippen LogP contribution is 2.30. The van der Waals surface area contributed by atoms with Crippen LogP contribution >= 0.6 is 23.5 Å². The Hall–Kier alpha value is -0.0900. The van der Waals surface area contributed by atoms with E-state index >= 15 is 0 Å². The number of carbonyl (C=O) groups excluding carboxylic acids is 1. The molecule has 25 heavy (non-hydrogen) atoms. The average Bonchev–Trinajstić information content (AvgIpc) is 2.56. The SMILES string of the molecule is C=CC(=O)N(CSC1CCCCCCC1)CSC1CCCCCCC1. The summed E-state index contributed by atoms with van der Waals surface area (Å²) in [4.78, 5) is 14.3. The average molecular weight is 384 g/mol. The number of hydrogen-bond acceptors (Lipinski definition) is 3. The van der Waals surface area contributed by atoms with Crippen LogP contribution in [0.1, 0.15) is 89.9 Å². The molecule has 0 radical (unpaired) electrons. The van der Waals surface area contributed by atoms with Gasteiger partial charge in [0.15, 0.2) is 0 Å². The van der Waals surface area contributed by atoms with Crippen molar-refractivity contribution in [3.8, 4) is 0 Å². The van der Waals surface area contributed by atoms with Gasteiger partial charge in [-0.25, -0.2) is 0 Å². The summed E-state index contributed by atoms with van der Waals surface area (Å²) in [7, 11) is 0. The van der Waals surface area contributed by atoms with E-state index in [1.54, 1.807) is 0 Å². The molecule has 0 saturated heterocycles. The number of amides is 1. The lowest BCUT2D eigenvalue weighted by molar-refractivity contribution is -0.124. The van der Waals surface area contributed by atoms with Crippen LogP contribution in [0.5, 0.6) is 0 Å². The second-order valence-corrected chi connectivity index (χ2v) is 10.1. The fraction of sp³-hybridized carbons (Fsp3) is 0.857. The third kappa shape index (κ3) is 8.90. The van der Waals surface area contributed by atoms with Crippen molar-refractivity contribution < 1.29 is 4.79 Å². The van der Waals surface area contributed by atoms with E-state index in [0.29, 0.717) is 0 Å². The van der Waals surface area contributed by atoms with E-state index in [1.165, 1.54) is 96.0 Å². The summed E-state index contributed by atoms with van der Waals surface area (Å²) in [5, 5.41) is 1.48. The summed E-state index contributed by atoms with van der Waals surface area (Å²) in [6, 6.07) is 0. The number of nitrogens with zero attached hydrogens (tertiary/aromatic N) is 1. The maximum atomic E-state index is 12.3. The zero-order chi connectivity index (χ0) is 17.7. The highest BCUT2D eigenvalue weighted by molar-refractivity contribution is 8.00. The van der Waals surface area contributed by atoms with Crippen molar-refractivity contribution >= 4 is 29.4 Å². The van der Waals surface area contributed by atoms with Crippen molar-refractivity contribution in [3.63, 3.8) is 0 Å². The predicted octanol–water partition coefficient (Wildman–Crippen LogP) is 6.61. The fourth-order valence-electron chi connectivity index (χ4n) is 3.86. The Kier molecular flexibility index (Phi) is 11.1. The van der Waals surface area contributed by atoms with Crippen molar-refractivity contribution in [1.29, 1.82) is 0 Å². The predicted molar refractivity (Wildman–Crippen MR) is 114 cm³/mol. The molecule has 0 aromatic carbocycles. The Bertz CT molecular complexity index is 346. The maximum Gasteiger partial charge on any atom is 0.247 e. The van der Waals surface area contributed by atoms with Gasteiger partial charge in [-0.15, -0.1) is 23.5 Å². The lowest BCUT2D eigenvalue weighted by Crippen LogP contribution is -2.30. The molecule has 144 valence electrons. The molecule has 2 saturated carbocycles. The number of thioether (sulfide) groups is 2. The Morgan fingerprint density at radius 1 is 0.760 bits per heavy atom. The molecule has 0 heterocycles. The molecule has 0 bridgehead atoms. The van der Waals surface area contributed by atoms with E-state index in [0.717, 1.165) is 22.3 Å². The molecule has 2 rings (SSSR count). The molecule has 0 aromatic heterocycles. The van der Waals surface area contributed by atoms with E-state index in [-0.39, 0.29) is 5.91 Å². The highest BCUT2D eigenvalue weighted by atomic mass is 32.2. The van der Waals surface area contributed by atoms with E-state index in [4.69, 9.17) is 0 Å². The normalized spacial score (nSPS) is 21.6. The molecule has 0 unspecified atom stereocenters. The summed E-state index contributed by atoms with van der Waals surface area (Å²) >= 11 is 4.02. The van der Waals surface area contributed by atoms with Crippen LogP contribution < -0.4 is 0 Å². The highest BCUT2D eigenvalue weighted by Gasteiger charge is 2.18. The van der Waals surface area contributed by atoms with Crippen molar-refractivity contribution in [3.05, 3.63) is 12.7 Å². The first-order chi connectivity index (χ1) is 12.3. The summed E-state index contributed by atoms with van der Waals surface area (Å²) in [5.41, 5.74) is 0. The summed E-state index contributed by atoms with van der Waals surface area (Å²) in [5.74, 6) is 1.79. The molecule has 2 nitrogen and oxygen atoms in total. The molecule has 4 heteroatoms. The van der Waals surface area contributed by atoms with Crippen molar-refractivity contribution in [2.24, 2.45) is 0 Å². The lowest BCUT2D eigenvalue weighted by atomic mass is 10.0. The Morgan fingerprint density at radius 2 is 1.12 bits per heavy atom. The minimum Gasteiger partial charge on any atom is -0.321 e. The summed E-state index contributed by atoms with van der Waals surface area (Å²) in [6.45, 7) is 3.72. The lowest BCUT2D eigenvalue weighted by Gasteiger charge is -2.27. The Balaban J connectivity index is 1.76. The third-order valence-electron chi connectivity index (χ3n) is 5.52. The second-order valence-electron chi connectivity index (χ2n) is 7.61. The van der Waals surface area contributed by atoms with Crippen LogP contribution in [0.4, 0.5) is 0 Å². The molecule has 0 atom stereocenters. The molecule has 2 aliphatic carbocycles. The molecule has 2 aliphatic rings. The topological polar surface area (TPSA) is 20.3 Å². The Labute approximate surface area is 164 Å². The molecule has 0 aliphatic heterocycles. The van der Waals surface area contributed by atoms with Crippen molar-refractivity contribution in [2.45, 2.75) is 100 Å². The first kappa shape index (κ1) is 21.2. The third-order valence-corrected chi connectivity index (χ3v) is 8.33. The van der Waals surface area contributed by atoms with Crippen LogP contribution in [0.15, 0.2) is 12.7 Å². The fourth-order valence-corrected chi connectivity index (χ4v) is 6.52. The van der Waals surface area contributed by atoms with E-state index < -0.39 is 0 Å². The van der Waals surface area contributed by atoms with Crippen molar-refractivity contribution in [2.75, 3.05) is 11.8 Å². The van der Waals surface area contributed by atoms with Gasteiger partial charge in [-0.3, -0.25) is 4.79 Å². The standard InChI is InChI=1S/C21H37NOS2/c1-2-21(23)22(17-24-19-13-9-5-3-6-10-14-19)18-25-20-15-11-7-4-8-12-16-20/h2,19-20H,1,3-18H2. The van der Waals surface area contributed by atoms with Gasteiger partial charge in [-0.05, 0) is 31.8 Å². The van der Waals surface area contributed by atoms with Gasteiger partial charge in [-0.1, -0.05) is 70.8 Å². The molecule has 2 fully saturated rings. The smallest absolute Gasteiger partial charge is 0.247 e. The van der Waals surface area contributed by atoms with Gasteiger partial charge in [0.25, 0.3) is 0 Å². The van der Waals surface area contributed by atoms with Crippen LogP contribution in [-0.2, 0) is 4.79 Å². The van der Waals surface area contributed by atoms with Gasteiger partial charge in [-0.2, -0.15) is 0 Å². The molecule has 0 aromatic rings. The maximum absolute atomic E-state index is 12.3. The number of rotatable bonds is 7. The Morgan fingerprint density at radius 3 is 1.48 bits per heavy atom. The monoisotopic (exact) mass is 383 g/mol. The van der Waals surface area contributed by atoms with Gasteiger partial charge >= 0.3 is 0 Å². The first-order valence-electron chi connectivity index (χ1n) is 10.4. The van der Waals surface area contributed by atoms with Crippen LogP contribution in [0.25, 0.3) is 0 Å². The second kappa shape index (κ2) is 13.1. The summed E-state index contributed by atoms with van der Waals surface area (Å²) in [6.07, 6.45) is 20.7. The van der Waals surface area contributed by atoms with Gasteiger partial charge in [0.2, 0.25) is 5.91 Å². The minimum atomic E-state index is 0.108. The molecular formula is C21H37NOS2. The van der Waals surface area contributed by atoms with Crippen molar-refractivity contribution in [1.82, 2.24) is 4.90 Å². The minimum absolute atomic E-state index is 0.108. The largest absolute Gasteiger partial charge is 0.321 e. The zero-order valence-electron chi connectivity index (χ0n) is 15.9. The van der Waals surface area contributed by atoms with Crippen LogP contribution in [0, 0.1) is 0 Å². The number of carbonyl (C=O) groups is 1. The molecule has 0 spiro atoms. The van der Waals surface area contributed by atoms with Gasteiger partial charge in [0.1, 0.15) is 0 Å². The van der Waals surface area contributed by atoms with Gasteiger partial charge < -0.3 is 4.90 Å². The van der Waals surface area contributed by atoms with Crippen LogP contribution in [0.2, 0.25) is 0 Å². The van der Waals surface area contributed by atoms with Crippen LogP contribution in [0.3, 0.4) is 0 Å². The molecule has 1 amide bonds. The number of hydrogen-bond donors (Lipinski definition) is 0. The first-order valence-corrected chi connectivity index (χ1v) is 12.5. The van der Waals surface area contributed by atoms with E-state index in [2.05, 4.69) is 6.58 Å². The van der Waals surface area contributed by atoms with Crippen LogP contribution in [-0.4, -0.2) is 33.1 Å². The van der Waals surface area contributed by atoms with E-state index in [1.807, 2.05) is 28.4 Å². The zero-order valence-corrected chi connectivity index (χ0v) is 17.6. The molecular weight excluding hydrogens is 346 g/mol. The van der Waals surface area contributed by atoms with Gasteiger partial charge in [0.05, 0.1) is 11.8 Å². The summed E-state index contributed by atoms with van der Waals surface area (Å²) < 4.78 is 0.